The summed E-state index contributed by atoms with van der Waals surface area (Å²) in [5.74, 6) is 0.399. The van der Waals surface area contributed by atoms with Gasteiger partial charge in [0.05, 0.1) is 34.9 Å². The van der Waals surface area contributed by atoms with E-state index in [1.807, 2.05) is 19.1 Å². The van der Waals surface area contributed by atoms with Crippen molar-refractivity contribution in [3.63, 3.8) is 0 Å². The number of ether oxygens (including phenoxy) is 2. The molecule has 0 bridgehead atoms. The largest absolute Gasteiger partial charge is 0.460 e. The number of hydrogen-bond acceptors (Lipinski definition) is 8. The Morgan fingerprint density at radius 3 is 1.96 bits per heavy atom. The van der Waals surface area contributed by atoms with Crippen LogP contribution in [0.1, 0.15) is 61.9 Å². The van der Waals surface area contributed by atoms with E-state index in [1.54, 1.807) is 45.0 Å². The number of carbonyl (C=O) groups is 3. The molecule has 3 aromatic rings. The Hall–Kier alpha value is -4.97. The predicted molar refractivity (Wildman–Crippen MR) is 181 cm³/mol. The number of benzene rings is 3. The van der Waals surface area contributed by atoms with Crippen LogP contribution in [0.25, 0.3) is 0 Å². The van der Waals surface area contributed by atoms with Gasteiger partial charge in [-0.1, -0.05) is 78.7 Å². The molecular formula is C39H41N3O5. The summed E-state index contributed by atoms with van der Waals surface area (Å²) in [4.78, 5) is 44.3. The van der Waals surface area contributed by atoms with Gasteiger partial charge in [0.2, 0.25) is 0 Å². The standard InChI is InChI=1S/C39H41N3O5/c1-6-29-14-13-19-32(24-29)35-34(27(4)40-33(25-43)36(35)39(45)46-26(2)3)38(44)47-28(5)41-20-22-42(23-21-41)37(30-15-9-7-10-16-30)31-17-11-8-12-18-31/h1,7-19,24-26,28,35,37,40H,20-23H2,2-5H3. The molecule has 5 rings (SSSR count). The Kier molecular flexibility index (Phi) is 10.7. The van der Waals surface area contributed by atoms with Crippen LogP contribution in [-0.2, 0) is 23.9 Å². The summed E-state index contributed by atoms with van der Waals surface area (Å²) in [5.41, 5.74) is 4.33. The van der Waals surface area contributed by atoms with Crippen LogP contribution in [-0.4, -0.2) is 66.5 Å². The van der Waals surface area contributed by atoms with Gasteiger partial charge in [0, 0.05) is 37.4 Å². The lowest BCUT2D eigenvalue weighted by Gasteiger charge is -2.41. The number of esters is 2. The first-order chi connectivity index (χ1) is 22.7. The number of aldehydes is 1. The van der Waals surface area contributed by atoms with Gasteiger partial charge < -0.3 is 14.8 Å². The fraction of sp³-hybridized carbons (Fsp3) is 0.308. The van der Waals surface area contributed by atoms with Gasteiger partial charge in [0.1, 0.15) is 0 Å². The molecule has 2 heterocycles. The van der Waals surface area contributed by atoms with Crippen LogP contribution in [0, 0.1) is 12.3 Å². The molecule has 0 amide bonds. The lowest BCUT2D eigenvalue weighted by Crippen LogP contribution is -2.51. The van der Waals surface area contributed by atoms with Gasteiger partial charge in [-0.3, -0.25) is 14.6 Å². The Morgan fingerprint density at radius 1 is 0.830 bits per heavy atom. The highest BCUT2D eigenvalue weighted by Gasteiger charge is 2.40. The molecule has 1 saturated heterocycles. The molecule has 8 nitrogen and oxygen atoms in total. The number of rotatable bonds is 10. The molecule has 1 N–H and O–H groups in total. The van der Waals surface area contributed by atoms with E-state index in [4.69, 9.17) is 15.9 Å². The fourth-order valence-electron chi connectivity index (χ4n) is 6.40. The summed E-state index contributed by atoms with van der Waals surface area (Å²) in [5, 5.41) is 2.96. The van der Waals surface area contributed by atoms with E-state index < -0.39 is 30.2 Å². The Morgan fingerprint density at radius 2 is 1.40 bits per heavy atom. The Bertz CT molecular complexity index is 1660. The van der Waals surface area contributed by atoms with E-state index in [2.05, 4.69) is 69.6 Å². The maximum atomic E-state index is 14.1. The van der Waals surface area contributed by atoms with Gasteiger partial charge in [-0.05, 0) is 56.5 Å². The van der Waals surface area contributed by atoms with Gasteiger partial charge in [0.25, 0.3) is 0 Å². The third-order valence-electron chi connectivity index (χ3n) is 8.62. The second kappa shape index (κ2) is 15.1. The van der Waals surface area contributed by atoms with E-state index in [0.717, 1.165) is 13.1 Å². The molecule has 3 aromatic carbocycles. The first-order valence-electron chi connectivity index (χ1n) is 16.0. The second-order valence-electron chi connectivity index (χ2n) is 12.1. The van der Waals surface area contributed by atoms with E-state index in [-0.39, 0.29) is 22.9 Å². The van der Waals surface area contributed by atoms with Crippen LogP contribution in [0.2, 0.25) is 0 Å². The topological polar surface area (TPSA) is 88.2 Å². The third kappa shape index (κ3) is 7.54. The maximum Gasteiger partial charge on any atom is 0.338 e. The molecule has 47 heavy (non-hydrogen) atoms. The minimum Gasteiger partial charge on any atom is -0.460 e. The fourth-order valence-corrected chi connectivity index (χ4v) is 6.40. The van der Waals surface area contributed by atoms with Crippen molar-refractivity contribution in [1.29, 1.82) is 0 Å². The van der Waals surface area contributed by atoms with Crippen molar-refractivity contribution in [3.05, 3.63) is 130 Å². The molecule has 0 radical (unpaired) electrons. The summed E-state index contributed by atoms with van der Waals surface area (Å²) in [6, 6.07) is 28.1. The summed E-state index contributed by atoms with van der Waals surface area (Å²) in [6.45, 7) is 9.94. The smallest absolute Gasteiger partial charge is 0.338 e. The number of nitrogens with one attached hydrogen (secondary N) is 1. The SMILES string of the molecule is C#Cc1cccc(C2C(C(=O)OC(C)N3CCN(C(c4ccccc4)c4ccccc4)CC3)=C(C)NC(C=O)=C2C(=O)OC(C)C)c1. The van der Waals surface area contributed by atoms with Crippen LogP contribution >= 0.6 is 0 Å². The van der Waals surface area contributed by atoms with E-state index in [9.17, 15) is 14.4 Å². The number of piperazine rings is 1. The molecule has 0 aliphatic carbocycles. The van der Waals surface area contributed by atoms with Crippen molar-refractivity contribution in [2.75, 3.05) is 26.2 Å². The third-order valence-corrected chi connectivity index (χ3v) is 8.62. The summed E-state index contributed by atoms with van der Waals surface area (Å²) >= 11 is 0. The highest BCUT2D eigenvalue weighted by atomic mass is 16.6. The van der Waals surface area contributed by atoms with Crippen LogP contribution in [0.4, 0.5) is 0 Å². The minimum absolute atomic E-state index is 0.0366. The zero-order valence-corrected chi connectivity index (χ0v) is 27.3. The van der Waals surface area contributed by atoms with E-state index in [0.29, 0.717) is 36.2 Å². The monoisotopic (exact) mass is 631 g/mol. The number of terminal acetylenes is 1. The number of nitrogens with zero attached hydrogens (tertiary/aromatic N) is 2. The minimum atomic E-state index is -0.926. The molecule has 0 saturated carbocycles. The van der Waals surface area contributed by atoms with Gasteiger partial charge in [0.15, 0.2) is 12.5 Å². The van der Waals surface area contributed by atoms with Crippen molar-refractivity contribution in [2.24, 2.45) is 0 Å². The summed E-state index contributed by atoms with van der Waals surface area (Å²) < 4.78 is 11.7. The van der Waals surface area contributed by atoms with Crippen molar-refractivity contribution >= 4 is 18.2 Å². The maximum absolute atomic E-state index is 14.1. The van der Waals surface area contributed by atoms with Gasteiger partial charge in [-0.2, -0.15) is 0 Å². The van der Waals surface area contributed by atoms with Crippen LogP contribution < -0.4 is 5.32 Å². The van der Waals surface area contributed by atoms with Crippen LogP contribution in [0.15, 0.2) is 107 Å². The molecule has 1 fully saturated rings. The highest BCUT2D eigenvalue weighted by Crippen LogP contribution is 2.40. The van der Waals surface area contributed by atoms with Gasteiger partial charge in [-0.25, -0.2) is 9.59 Å². The number of dihydropyridines is 1. The molecule has 0 spiro atoms. The van der Waals surface area contributed by atoms with Crippen LogP contribution in [0.3, 0.4) is 0 Å². The molecule has 2 aliphatic rings. The zero-order chi connectivity index (χ0) is 33.5. The van der Waals surface area contributed by atoms with Crippen molar-refractivity contribution in [2.45, 2.75) is 52.0 Å². The molecule has 8 heteroatoms. The lowest BCUT2D eigenvalue weighted by molar-refractivity contribution is -0.155. The van der Waals surface area contributed by atoms with Gasteiger partial charge >= 0.3 is 11.9 Å². The molecular weight excluding hydrogens is 590 g/mol. The Labute approximate surface area is 277 Å². The van der Waals surface area contributed by atoms with E-state index >= 15 is 0 Å². The Balaban J connectivity index is 1.37. The number of allylic oxidation sites excluding steroid dienone is 2. The summed E-state index contributed by atoms with van der Waals surface area (Å²) in [7, 11) is 0. The average molecular weight is 632 g/mol. The van der Waals surface area contributed by atoms with Crippen molar-refractivity contribution in [1.82, 2.24) is 15.1 Å². The number of carbonyl (C=O) groups excluding carboxylic acids is 3. The highest BCUT2D eigenvalue weighted by molar-refractivity contribution is 6.03. The lowest BCUT2D eigenvalue weighted by atomic mass is 9.80. The molecule has 242 valence electrons. The van der Waals surface area contributed by atoms with Crippen molar-refractivity contribution < 1.29 is 23.9 Å². The molecule has 2 atom stereocenters. The molecule has 2 unspecified atom stereocenters. The number of hydrogen-bond donors (Lipinski definition) is 1. The van der Waals surface area contributed by atoms with E-state index in [1.165, 1.54) is 11.1 Å². The first-order valence-corrected chi connectivity index (χ1v) is 16.0. The zero-order valence-electron chi connectivity index (χ0n) is 27.3. The first kappa shape index (κ1) is 33.4. The summed E-state index contributed by atoms with van der Waals surface area (Å²) in [6.07, 6.45) is 5.28. The van der Waals surface area contributed by atoms with Crippen LogP contribution in [0.5, 0.6) is 0 Å². The quantitative estimate of drug-likeness (QED) is 0.183. The normalized spacial score (nSPS) is 18.0. The van der Waals surface area contributed by atoms with Gasteiger partial charge in [-0.15, -0.1) is 6.42 Å². The average Bonchev–Trinajstić information content (AvgIpc) is 3.08. The molecule has 2 aliphatic heterocycles. The second-order valence-corrected chi connectivity index (χ2v) is 12.1. The van der Waals surface area contributed by atoms with Crippen molar-refractivity contribution in [3.8, 4) is 12.3 Å². The molecule has 0 aromatic heterocycles. The predicted octanol–water partition coefficient (Wildman–Crippen LogP) is 5.33.